The summed E-state index contributed by atoms with van der Waals surface area (Å²) >= 11 is 0. The number of benzene rings is 3. The zero-order chi connectivity index (χ0) is 20.8. The summed E-state index contributed by atoms with van der Waals surface area (Å²) in [4.78, 5) is 24.2. The minimum atomic E-state index is -0.890. The molecule has 0 aromatic heterocycles. The number of hydrogen-bond donors (Lipinski definition) is 0. The molecular weight excluding hydrogens is 379 g/mol. The van der Waals surface area contributed by atoms with Gasteiger partial charge >= 0.3 is 12.3 Å². The van der Waals surface area contributed by atoms with Crippen molar-refractivity contribution < 1.29 is 32.9 Å². The average Bonchev–Trinajstić information content (AvgIpc) is 2.72. The van der Waals surface area contributed by atoms with Crippen LogP contribution in [0.3, 0.4) is 0 Å². The first-order valence-electron chi connectivity index (χ1n) is 9.38. The predicted octanol–water partition coefficient (Wildman–Crippen LogP) is 5.98. The molecular formula is C22H21FO6. The number of hydrogen-bond acceptors (Lipinski definition) is 6. The number of ether oxygens (including phenoxy) is 4. The van der Waals surface area contributed by atoms with Gasteiger partial charge in [0.2, 0.25) is 0 Å². The van der Waals surface area contributed by atoms with E-state index >= 15 is 0 Å². The summed E-state index contributed by atoms with van der Waals surface area (Å²) in [6.45, 7) is 4.14. The van der Waals surface area contributed by atoms with Gasteiger partial charge in [-0.25, -0.2) is 14.0 Å². The van der Waals surface area contributed by atoms with Crippen molar-refractivity contribution in [3.63, 3.8) is 0 Å². The minimum Gasteiger partial charge on any atom is -0.434 e. The fourth-order valence-corrected chi connectivity index (χ4v) is 2.89. The maximum atomic E-state index is 14.0. The van der Waals surface area contributed by atoms with Crippen LogP contribution in [0, 0.1) is 5.82 Å². The zero-order valence-electron chi connectivity index (χ0n) is 16.2. The Morgan fingerprint density at radius 3 is 1.76 bits per heavy atom. The van der Waals surface area contributed by atoms with Gasteiger partial charge in [0.25, 0.3) is 0 Å². The lowest BCUT2D eigenvalue weighted by Crippen LogP contribution is -2.13. The molecule has 0 heterocycles. The summed E-state index contributed by atoms with van der Waals surface area (Å²) < 4.78 is 34.9. The quantitative estimate of drug-likeness (QED) is 0.288. The molecule has 0 N–H and O–H groups in total. The number of halogens is 1. The highest BCUT2D eigenvalue weighted by molar-refractivity contribution is 6.12. The van der Waals surface area contributed by atoms with Crippen molar-refractivity contribution in [2.45, 2.75) is 26.7 Å². The Morgan fingerprint density at radius 2 is 1.24 bits per heavy atom. The SMILES string of the molecule is CCCOC(=O)Oc1c2ccccc2c(OC(=O)OCCC)c2cc(F)ccc12. The third-order valence-electron chi connectivity index (χ3n) is 4.11. The van der Waals surface area contributed by atoms with Gasteiger partial charge in [-0.3, -0.25) is 0 Å². The highest BCUT2D eigenvalue weighted by atomic mass is 19.1. The largest absolute Gasteiger partial charge is 0.513 e. The first-order chi connectivity index (χ1) is 14.0. The third kappa shape index (κ3) is 4.56. The molecule has 7 heteroatoms. The molecule has 152 valence electrons. The molecule has 3 aromatic carbocycles. The summed E-state index contributed by atoms with van der Waals surface area (Å²) in [5.41, 5.74) is 0. The van der Waals surface area contributed by atoms with Crippen LogP contribution in [0.25, 0.3) is 21.5 Å². The summed E-state index contributed by atoms with van der Waals surface area (Å²) in [5, 5.41) is 1.66. The first kappa shape index (κ1) is 20.4. The Bertz CT molecular complexity index is 1050. The van der Waals surface area contributed by atoms with E-state index in [4.69, 9.17) is 18.9 Å². The van der Waals surface area contributed by atoms with Gasteiger partial charge in [0, 0.05) is 21.5 Å². The van der Waals surface area contributed by atoms with Crippen molar-refractivity contribution in [2.24, 2.45) is 0 Å². The van der Waals surface area contributed by atoms with Crippen LogP contribution in [-0.4, -0.2) is 25.5 Å². The molecule has 0 atom stereocenters. The van der Waals surface area contributed by atoms with Crippen molar-refractivity contribution in [3.8, 4) is 11.5 Å². The smallest absolute Gasteiger partial charge is 0.434 e. The molecule has 0 radical (unpaired) electrons. The van der Waals surface area contributed by atoms with Gasteiger partial charge in [-0.2, -0.15) is 0 Å². The number of rotatable bonds is 6. The van der Waals surface area contributed by atoms with Crippen LogP contribution in [-0.2, 0) is 9.47 Å². The fourth-order valence-electron chi connectivity index (χ4n) is 2.89. The van der Waals surface area contributed by atoms with Crippen LogP contribution in [0.1, 0.15) is 26.7 Å². The van der Waals surface area contributed by atoms with Crippen LogP contribution in [0.5, 0.6) is 11.5 Å². The van der Waals surface area contributed by atoms with Crippen LogP contribution in [0.15, 0.2) is 42.5 Å². The van der Waals surface area contributed by atoms with Crippen LogP contribution < -0.4 is 9.47 Å². The van der Waals surface area contributed by atoms with Gasteiger partial charge in [0.1, 0.15) is 11.6 Å². The Kier molecular flexibility index (Phi) is 6.49. The third-order valence-corrected chi connectivity index (χ3v) is 4.11. The van der Waals surface area contributed by atoms with Gasteiger partial charge in [0.15, 0.2) is 5.75 Å². The van der Waals surface area contributed by atoms with E-state index in [-0.39, 0.29) is 30.1 Å². The molecule has 6 nitrogen and oxygen atoms in total. The first-order valence-corrected chi connectivity index (χ1v) is 9.38. The van der Waals surface area contributed by atoms with Crippen LogP contribution in [0.4, 0.5) is 14.0 Å². The molecule has 0 spiro atoms. The van der Waals surface area contributed by atoms with Crippen molar-refractivity contribution in [1.82, 2.24) is 0 Å². The van der Waals surface area contributed by atoms with E-state index in [9.17, 15) is 14.0 Å². The molecule has 3 aromatic rings. The summed E-state index contributed by atoms with van der Waals surface area (Å²) in [6, 6.07) is 10.8. The maximum Gasteiger partial charge on any atom is 0.513 e. The van der Waals surface area contributed by atoms with E-state index in [0.717, 1.165) is 0 Å². The predicted molar refractivity (Wildman–Crippen MR) is 106 cm³/mol. The molecule has 0 saturated heterocycles. The summed E-state index contributed by atoms with van der Waals surface area (Å²) in [7, 11) is 0. The Balaban J connectivity index is 2.17. The van der Waals surface area contributed by atoms with Crippen LogP contribution >= 0.6 is 0 Å². The molecule has 0 amide bonds. The average molecular weight is 400 g/mol. The standard InChI is InChI=1S/C22H21FO6/c1-3-11-26-21(24)28-19-15-7-5-6-8-16(15)20(29-22(25)27-12-4-2)18-13-14(23)9-10-17(18)19/h5-10,13H,3-4,11-12H2,1-2H3. The molecule has 0 fully saturated rings. The molecule has 0 aliphatic carbocycles. The van der Waals surface area contributed by atoms with Gasteiger partial charge < -0.3 is 18.9 Å². The molecule has 0 unspecified atom stereocenters. The lowest BCUT2D eigenvalue weighted by molar-refractivity contribution is 0.0984. The molecule has 29 heavy (non-hydrogen) atoms. The lowest BCUT2D eigenvalue weighted by Gasteiger charge is -2.16. The second kappa shape index (κ2) is 9.23. The second-order valence-electron chi connectivity index (χ2n) is 6.29. The van der Waals surface area contributed by atoms with E-state index in [1.165, 1.54) is 18.2 Å². The maximum absolute atomic E-state index is 14.0. The number of carbonyl (C=O) groups is 2. The monoisotopic (exact) mass is 400 g/mol. The molecule has 0 bridgehead atoms. The van der Waals surface area contributed by atoms with E-state index in [1.54, 1.807) is 24.3 Å². The van der Waals surface area contributed by atoms with Crippen molar-refractivity contribution in [2.75, 3.05) is 13.2 Å². The minimum absolute atomic E-state index is 0.130. The van der Waals surface area contributed by atoms with E-state index in [0.29, 0.717) is 29.0 Å². The van der Waals surface area contributed by atoms with E-state index < -0.39 is 18.1 Å². The highest BCUT2D eigenvalue weighted by Crippen LogP contribution is 2.43. The molecule has 3 rings (SSSR count). The highest BCUT2D eigenvalue weighted by Gasteiger charge is 2.21. The Hall–Kier alpha value is -3.35. The topological polar surface area (TPSA) is 71.1 Å². The van der Waals surface area contributed by atoms with E-state index in [1.807, 2.05) is 13.8 Å². The fraction of sp³-hybridized carbons (Fsp3) is 0.273. The summed E-state index contributed by atoms with van der Waals surface area (Å²) in [5.74, 6) is -0.199. The zero-order valence-corrected chi connectivity index (χ0v) is 16.2. The van der Waals surface area contributed by atoms with E-state index in [2.05, 4.69) is 0 Å². The summed E-state index contributed by atoms with van der Waals surface area (Å²) in [6.07, 6.45) is -0.468. The van der Waals surface area contributed by atoms with Gasteiger partial charge in [0.05, 0.1) is 13.2 Å². The van der Waals surface area contributed by atoms with Gasteiger partial charge in [-0.05, 0) is 31.0 Å². The van der Waals surface area contributed by atoms with Crippen molar-refractivity contribution in [1.29, 1.82) is 0 Å². The Morgan fingerprint density at radius 1 is 0.759 bits per heavy atom. The lowest BCUT2D eigenvalue weighted by atomic mass is 10.0. The molecule has 0 aliphatic heterocycles. The van der Waals surface area contributed by atoms with Gasteiger partial charge in [-0.1, -0.05) is 38.1 Å². The number of fused-ring (bicyclic) bond motifs is 2. The number of carbonyl (C=O) groups excluding carboxylic acids is 2. The normalized spacial score (nSPS) is 10.7. The van der Waals surface area contributed by atoms with Crippen molar-refractivity contribution >= 4 is 33.9 Å². The van der Waals surface area contributed by atoms with Crippen LogP contribution in [0.2, 0.25) is 0 Å². The van der Waals surface area contributed by atoms with Crippen molar-refractivity contribution in [3.05, 3.63) is 48.3 Å². The molecule has 0 aliphatic rings. The Labute approximate surface area is 167 Å². The molecule has 0 saturated carbocycles. The second-order valence-corrected chi connectivity index (χ2v) is 6.29. The van der Waals surface area contributed by atoms with Gasteiger partial charge in [-0.15, -0.1) is 0 Å².